The maximum atomic E-state index is 12.6. The monoisotopic (exact) mass is 300 g/mol. The van der Waals surface area contributed by atoms with Gasteiger partial charge >= 0.3 is 12.0 Å². The molecule has 7 heteroatoms. The number of urea groups is 1. The van der Waals surface area contributed by atoms with E-state index in [2.05, 4.69) is 0 Å². The van der Waals surface area contributed by atoms with Gasteiger partial charge in [0.25, 0.3) is 0 Å². The van der Waals surface area contributed by atoms with Gasteiger partial charge in [0.05, 0.1) is 25.4 Å². The molecule has 2 amide bonds. The Balaban J connectivity index is 1.93. The lowest BCUT2D eigenvalue weighted by Gasteiger charge is -2.41. The largest absolute Gasteiger partial charge is 0.481 e. The second kappa shape index (κ2) is 7.09. The maximum absolute atomic E-state index is 12.6. The number of piperidine rings is 1. The summed E-state index contributed by atoms with van der Waals surface area (Å²) in [6.45, 7) is 3.85. The fraction of sp³-hybridized carbons (Fsp3) is 0.857. The average molecular weight is 300 g/mol. The first-order valence-electron chi connectivity index (χ1n) is 7.51. The zero-order valence-electron chi connectivity index (χ0n) is 12.4. The van der Waals surface area contributed by atoms with Crippen LogP contribution in [0.4, 0.5) is 4.79 Å². The number of hydrogen-bond donors (Lipinski definition) is 2. The van der Waals surface area contributed by atoms with Gasteiger partial charge in [-0.2, -0.15) is 0 Å². The minimum atomic E-state index is -0.811. The van der Waals surface area contributed by atoms with Crippen LogP contribution in [0.5, 0.6) is 0 Å². The summed E-state index contributed by atoms with van der Waals surface area (Å²) in [6, 6.07) is -0.0707. The Morgan fingerprint density at radius 1 is 1.24 bits per heavy atom. The van der Waals surface area contributed by atoms with Crippen LogP contribution in [0.15, 0.2) is 0 Å². The van der Waals surface area contributed by atoms with Gasteiger partial charge in [-0.25, -0.2) is 4.79 Å². The smallest absolute Gasteiger partial charge is 0.320 e. The number of amides is 2. The van der Waals surface area contributed by atoms with Crippen molar-refractivity contribution in [2.45, 2.75) is 38.4 Å². The Bertz CT molecular complexity index is 390. The van der Waals surface area contributed by atoms with Crippen LogP contribution >= 0.6 is 0 Å². The standard InChI is InChI=1S/C14H24N2O5/c1-10-6-16(8-12(9-17)21-10)14(20)15-4-2-3-11(7-15)5-13(18)19/h10-12,17H,2-9H2,1H3,(H,18,19). The molecule has 0 radical (unpaired) electrons. The number of rotatable bonds is 3. The van der Waals surface area contributed by atoms with Crippen molar-refractivity contribution in [1.29, 1.82) is 0 Å². The van der Waals surface area contributed by atoms with Gasteiger partial charge in [0.15, 0.2) is 0 Å². The highest BCUT2D eigenvalue weighted by Crippen LogP contribution is 2.22. The van der Waals surface area contributed by atoms with Gasteiger partial charge in [-0.3, -0.25) is 4.79 Å². The molecule has 120 valence electrons. The summed E-state index contributed by atoms with van der Waals surface area (Å²) in [4.78, 5) is 26.8. The lowest BCUT2D eigenvalue weighted by Crippen LogP contribution is -2.55. The number of aliphatic carboxylic acids is 1. The van der Waals surface area contributed by atoms with Crippen molar-refractivity contribution in [2.75, 3.05) is 32.8 Å². The number of carboxylic acid groups (broad SMARTS) is 1. The van der Waals surface area contributed by atoms with E-state index < -0.39 is 5.97 Å². The molecule has 21 heavy (non-hydrogen) atoms. The number of morpholine rings is 1. The zero-order valence-corrected chi connectivity index (χ0v) is 12.4. The lowest BCUT2D eigenvalue weighted by atomic mass is 9.95. The molecule has 3 unspecified atom stereocenters. The molecular formula is C14H24N2O5. The van der Waals surface area contributed by atoms with Crippen molar-refractivity contribution < 1.29 is 24.5 Å². The van der Waals surface area contributed by atoms with Crippen LogP contribution in [0, 0.1) is 5.92 Å². The fourth-order valence-corrected chi connectivity index (χ4v) is 3.15. The molecule has 0 aromatic carbocycles. The van der Waals surface area contributed by atoms with Gasteiger partial charge in [-0.05, 0) is 25.7 Å². The van der Waals surface area contributed by atoms with E-state index in [1.807, 2.05) is 6.92 Å². The van der Waals surface area contributed by atoms with Gasteiger partial charge in [-0.15, -0.1) is 0 Å². The van der Waals surface area contributed by atoms with Crippen LogP contribution in [0.2, 0.25) is 0 Å². The number of likely N-dealkylation sites (tertiary alicyclic amines) is 1. The van der Waals surface area contributed by atoms with Crippen molar-refractivity contribution >= 4 is 12.0 Å². The Kier molecular flexibility index (Phi) is 5.41. The highest BCUT2D eigenvalue weighted by atomic mass is 16.5. The van der Waals surface area contributed by atoms with E-state index in [-0.39, 0.29) is 37.2 Å². The highest BCUT2D eigenvalue weighted by molar-refractivity contribution is 5.75. The molecule has 2 heterocycles. The van der Waals surface area contributed by atoms with Gasteiger partial charge in [0.2, 0.25) is 0 Å². The third kappa shape index (κ3) is 4.31. The minimum Gasteiger partial charge on any atom is -0.481 e. The van der Waals surface area contributed by atoms with Gasteiger partial charge < -0.3 is 24.7 Å². The number of nitrogens with zero attached hydrogens (tertiary/aromatic N) is 2. The van der Waals surface area contributed by atoms with E-state index in [0.29, 0.717) is 26.2 Å². The van der Waals surface area contributed by atoms with Crippen molar-refractivity contribution in [2.24, 2.45) is 5.92 Å². The van der Waals surface area contributed by atoms with Crippen LogP contribution < -0.4 is 0 Å². The quantitative estimate of drug-likeness (QED) is 0.786. The van der Waals surface area contributed by atoms with E-state index in [4.69, 9.17) is 9.84 Å². The molecule has 2 rings (SSSR count). The van der Waals surface area contributed by atoms with Crippen LogP contribution in [-0.4, -0.2) is 77.0 Å². The maximum Gasteiger partial charge on any atom is 0.320 e. The zero-order chi connectivity index (χ0) is 15.4. The molecule has 2 N–H and O–H groups in total. The minimum absolute atomic E-state index is 0.0345. The highest BCUT2D eigenvalue weighted by Gasteiger charge is 2.33. The second-order valence-electron chi connectivity index (χ2n) is 5.99. The summed E-state index contributed by atoms with van der Waals surface area (Å²) in [7, 11) is 0. The molecule has 0 aromatic heterocycles. The van der Waals surface area contributed by atoms with Crippen molar-refractivity contribution in [3.63, 3.8) is 0 Å². The van der Waals surface area contributed by atoms with Crippen LogP contribution in [-0.2, 0) is 9.53 Å². The molecule has 2 saturated heterocycles. The molecule has 0 bridgehead atoms. The first kappa shape index (κ1) is 16.0. The van der Waals surface area contributed by atoms with Crippen molar-refractivity contribution in [3.8, 4) is 0 Å². The SMILES string of the molecule is CC1CN(C(=O)N2CCCC(CC(=O)O)C2)CC(CO)O1. The molecular weight excluding hydrogens is 276 g/mol. The first-order valence-corrected chi connectivity index (χ1v) is 7.51. The molecule has 0 saturated carbocycles. The lowest BCUT2D eigenvalue weighted by molar-refractivity contribution is -0.138. The van der Waals surface area contributed by atoms with Gasteiger partial charge in [0.1, 0.15) is 0 Å². The summed E-state index contributed by atoms with van der Waals surface area (Å²) in [5, 5.41) is 18.1. The molecule has 7 nitrogen and oxygen atoms in total. The second-order valence-corrected chi connectivity index (χ2v) is 5.99. The van der Waals surface area contributed by atoms with Crippen LogP contribution in [0.3, 0.4) is 0 Å². The number of aliphatic hydroxyl groups is 1. The number of carbonyl (C=O) groups is 2. The Morgan fingerprint density at radius 2 is 2.00 bits per heavy atom. The van der Waals surface area contributed by atoms with Crippen molar-refractivity contribution in [1.82, 2.24) is 9.80 Å². The Hall–Kier alpha value is -1.34. The number of carboxylic acids is 1. The van der Waals surface area contributed by atoms with E-state index in [1.165, 1.54) is 0 Å². The summed E-state index contributed by atoms with van der Waals surface area (Å²) in [5.41, 5.74) is 0. The number of aliphatic hydroxyl groups excluding tert-OH is 1. The van der Waals surface area contributed by atoms with E-state index in [1.54, 1.807) is 9.80 Å². The Morgan fingerprint density at radius 3 is 2.67 bits per heavy atom. The summed E-state index contributed by atoms with van der Waals surface area (Å²) >= 11 is 0. The third-order valence-corrected chi connectivity index (χ3v) is 4.05. The van der Waals surface area contributed by atoms with Gasteiger partial charge in [0, 0.05) is 26.1 Å². The Labute approximate surface area is 124 Å². The van der Waals surface area contributed by atoms with E-state index in [9.17, 15) is 14.7 Å². The molecule has 2 fully saturated rings. The number of carbonyl (C=O) groups excluding carboxylic acids is 1. The molecule has 0 aliphatic carbocycles. The van der Waals surface area contributed by atoms with Crippen LogP contribution in [0.25, 0.3) is 0 Å². The number of hydrogen-bond acceptors (Lipinski definition) is 4. The first-order chi connectivity index (χ1) is 9.99. The van der Waals surface area contributed by atoms with Gasteiger partial charge in [-0.1, -0.05) is 0 Å². The molecule has 2 aliphatic rings. The topological polar surface area (TPSA) is 90.3 Å². The van der Waals surface area contributed by atoms with E-state index >= 15 is 0 Å². The predicted octanol–water partition coefficient (Wildman–Crippen LogP) is 0.375. The normalized spacial score (nSPS) is 30.3. The fourth-order valence-electron chi connectivity index (χ4n) is 3.15. The van der Waals surface area contributed by atoms with Crippen molar-refractivity contribution in [3.05, 3.63) is 0 Å². The van der Waals surface area contributed by atoms with Crippen LogP contribution in [0.1, 0.15) is 26.2 Å². The summed E-state index contributed by atoms with van der Waals surface area (Å²) < 4.78 is 5.54. The molecule has 3 atom stereocenters. The third-order valence-electron chi connectivity index (χ3n) is 4.05. The average Bonchev–Trinajstić information content (AvgIpc) is 2.45. The molecule has 0 spiro atoms. The van der Waals surface area contributed by atoms with E-state index in [0.717, 1.165) is 12.8 Å². The predicted molar refractivity (Wildman–Crippen MR) is 74.9 cm³/mol. The molecule has 2 aliphatic heterocycles. The summed E-state index contributed by atoms with van der Waals surface area (Å²) in [5.74, 6) is -0.776. The number of ether oxygens (including phenoxy) is 1. The molecule has 0 aromatic rings. The summed E-state index contributed by atoms with van der Waals surface area (Å²) in [6.07, 6.45) is 1.38.